The fourth-order valence-electron chi connectivity index (χ4n) is 0.961. The zero-order valence-corrected chi connectivity index (χ0v) is 11.3. The van der Waals surface area contributed by atoms with E-state index in [1.54, 1.807) is 18.8 Å². The number of rotatable bonds is 5. The molecule has 0 atom stereocenters. The van der Waals surface area contributed by atoms with E-state index in [9.17, 15) is 0 Å². The summed E-state index contributed by atoms with van der Waals surface area (Å²) in [5.41, 5.74) is 1.18. The lowest BCUT2D eigenvalue weighted by Gasteiger charge is -2.05. The number of hydrogen-bond donors (Lipinski definition) is 1. The van der Waals surface area contributed by atoms with E-state index in [1.165, 1.54) is 17.2 Å². The SMILES string of the molecule is CN=C(NCCSCc1ccsn1)SC. The van der Waals surface area contributed by atoms with Crippen molar-refractivity contribution in [3.8, 4) is 0 Å². The largest absolute Gasteiger partial charge is 0.364 e. The maximum Gasteiger partial charge on any atom is 0.156 e. The Morgan fingerprint density at radius 2 is 2.53 bits per heavy atom. The molecule has 1 N–H and O–H groups in total. The normalized spacial score (nSPS) is 11.7. The lowest BCUT2D eigenvalue weighted by atomic mass is 10.5. The summed E-state index contributed by atoms with van der Waals surface area (Å²) in [6, 6.07) is 2.08. The molecule has 15 heavy (non-hydrogen) atoms. The van der Waals surface area contributed by atoms with Crippen LogP contribution < -0.4 is 5.32 Å². The topological polar surface area (TPSA) is 37.3 Å². The predicted octanol–water partition coefficient (Wildman–Crippen LogP) is 2.31. The monoisotopic (exact) mass is 261 g/mol. The third kappa shape index (κ3) is 5.44. The van der Waals surface area contributed by atoms with Gasteiger partial charge in [0.15, 0.2) is 5.17 Å². The van der Waals surface area contributed by atoms with Crippen LogP contribution in [-0.4, -0.2) is 35.1 Å². The van der Waals surface area contributed by atoms with Crippen LogP contribution in [-0.2, 0) is 5.75 Å². The fraction of sp³-hybridized carbons (Fsp3) is 0.556. The number of nitrogens with one attached hydrogen (secondary N) is 1. The average molecular weight is 261 g/mol. The number of thioether (sulfide) groups is 2. The van der Waals surface area contributed by atoms with E-state index in [2.05, 4.69) is 20.7 Å². The molecule has 0 aliphatic rings. The molecule has 6 heteroatoms. The summed E-state index contributed by atoms with van der Waals surface area (Å²) in [6.45, 7) is 0.961. The van der Waals surface area contributed by atoms with E-state index in [0.29, 0.717) is 0 Å². The van der Waals surface area contributed by atoms with Gasteiger partial charge in [0, 0.05) is 30.5 Å². The van der Waals surface area contributed by atoms with Crippen molar-refractivity contribution in [1.82, 2.24) is 9.69 Å². The Labute approximate surface area is 103 Å². The van der Waals surface area contributed by atoms with Gasteiger partial charge in [0.1, 0.15) is 0 Å². The van der Waals surface area contributed by atoms with Crippen LogP contribution in [0.5, 0.6) is 0 Å². The Balaban J connectivity index is 2.02. The second-order valence-corrected chi connectivity index (χ2v) is 5.27. The van der Waals surface area contributed by atoms with Gasteiger partial charge in [-0.05, 0) is 23.9 Å². The summed E-state index contributed by atoms with van der Waals surface area (Å²) >= 11 is 5.05. The van der Waals surface area contributed by atoms with Crippen molar-refractivity contribution >= 4 is 40.2 Å². The van der Waals surface area contributed by atoms with Crippen molar-refractivity contribution in [2.75, 3.05) is 25.6 Å². The van der Waals surface area contributed by atoms with Crippen molar-refractivity contribution in [2.24, 2.45) is 4.99 Å². The number of aromatic nitrogens is 1. The Morgan fingerprint density at radius 3 is 3.13 bits per heavy atom. The molecule has 0 amide bonds. The Hall–Kier alpha value is -0.200. The number of aliphatic imine (C=N–C) groups is 1. The minimum atomic E-state index is 0.961. The van der Waals surface area contributed by atoms with E-state index < -0.39 is 0 Å². The second kappa shape index (κ2) is 8.01. The van der Waals surface area contributed by atoms with E-state index in [-0.39, 0.29) is 0 Å². The lowest BCUT2D eigenvalue weighted by Crippen LogP contribution is -2.22. The summed E-state index contributed by atoms with van der Waals surface area (Å²) in [5, 5.41) is 6.30. The first-order chi connectivity index (χ1) is 7.36. The first kappa shape index (κ1) is 12.9. The van der Waals surface area contributed by atoms with Gasteiger partial charge in [0.05, 0.1) is 5.69 Å². The molecule has 0 aliphatic heterocycles. The van der Waals surface area contributed by atoms with Crippen LogP contribution >= 0.6 is 35.1 Å². The highest BCUT2D eigenvalue weighted by Crippen LogP contribution is 2.10. The summed E-state index contributed by atoms with van der Waals surface area (Å²) in [6.07, 6.45) is 2.03. The highest BCUT2D eigenvalue weighted by atomic mass is 32.2. The molecule has 0 radical (unpaired) electrons. The van der Waals surface area contributed by atoms with E-state index >= 15 is 0 Å². The molecule has 0 bridgehead atoms. The molecule has 0 unspecified atom stereocenters. The van der Waals surface area contributed by atoms with Crippen LogP contribution in [0.2, 0.25) is 0 Å². The Kier molecular flexibility index (Phi) is 6.87. The molecule has 0 saturated heterocycles. The Bertz CT molecular complexity index is 285. The third-order valence-corrected chi connectivity index (χ3v) is 3.96. The van der Waals surface area contributed by atoms with E-state index in [4.69, 9.17) is 0 Å². The van der Waals surface area contributed by atoms with E-state index in [1.807, 2.05) is 23.4 Å². The standard InChI is InChI=1S/C9H15N3S3/c1-10-9(13-2)11-4-6-14-7-8-3-5-15-12-8/h3,5H,4,6-7H2,1-2H3,(H,10,11). The third-order valence-electron chi connectivity index (χ3n) is 1.66. The molecule has 1 aromatic rings. The van der Waals surface area contributed by atoms with Crippen molar-refractivity contribution in [3.05, 3.63) is 17.1 Å². The first-order valence-electron chi connectivity index (χ1n) is 4.58. The second-order valence-electron chi connectivity index (χ2n) is 2.70. The molecule has 3 nitrogen and oxygen atoms in total. The minimum absolute atomic E-state index is 0.961. The predicted molar refractivity (Wildman–Crippen MR) is 73.2 cm³/mol. The van der Waals surface area contributed by atoms with Crippen LogP contribution in [0.4, 0.5) is 0 Å². The molecule has 0 aromatic carbocycles. The van der Waals surface area contributed by atoms with Crippen molar-refractivity contribution in [2.45, 2.75) is 5.75 Å². The van der Waals surface area contributed by atoms with Gasteiger partial charge in [-0.25, -0.2) is 0 Å². The summed E-state index contributed by atoms with van der Waals surface area (Å²) in [4.78, 5) is 4.10. The Morgan fingerprint density at radius 1 is 1.67 bits per heavy atom. The molecule has 0 aliphatic carbocycles. The molecule has 0 spiro atoms. The van der Waals surface area contributed by atoms with Crippen molar-refractivity contribution in [3.63, 3.8) is 0 Å². The minimum Gasteiger partial charge on any atom is -0.364 e. The molecular formula is C9H15N3S3. The van der Waals surface area contributed by atoms with Gasteiger partial charge in [0.25, 0.3) is 0 Å². The van der Waals surface area contributed by atoms with Gasteiger partial charge in [-0.2, -0.15) is 16.1 Å². The highest BCUT2D eigenvalue weighted by molar-refractivity contribution is 8.13. The highest BCUT2D eigenvalue weighted by Gasteiger charge is 1.96. The van der Waals surface area contributed by atoms with Crippen LogP contribution in [0.3, 0.4) is 0 Å². The van der Waals surface area contributed by atoms with Gasteiger partial charge in [-0.3, -0.25) is 4.99 Å². The summed E-state index contributed by atoms with van der Waals surface area (Å²) < 4.78 is 4.25. The zero-order valence-electron chi connectivity index (χ0n) is 8.90. The summed E-state index contributed by atoms with van der Waals surface area (Å²) in [5.74, 6) is 2.08. The van der Waals surface area contributed by atoms with Crippen LogP contribution in [0.15, 0.2) is 16.4 Å². The van der Waals surface area contributed by atoms with Gasteiger partial charge in [-0.15, -0.1) is 0 Å². The molecule has 1 heterocycles. The van der Waals surface area contributed by atoms with Gasteiger partial charge < -0.3 is 5.32 Å². The van der Waals surface area contributed by atoms with Gasteiger partial charge in [0.2, 0.25) is 0 Å². The number of hydrogen-bond acceptors (Lipinski definition) is 5. The number of amidine groups is 1. The average Bonchev–Trinajstić information content (AvgIpc) is 2.76. The van der Waals surface area contributed by atoms with Gasteiger partial charge >= 0.3 is 0 Å². The maximum absolute atomic E-state index is 4.25. The maximum atomic E-state index is 4.25. The van der Waals surface area contributed by atoms with Crippen LogP contribution in [0, 0.1) is 0 Å². The summed E-state index contributed by atoms with van der Waals surface area (Å²) in [7, 11) is 1.81. The first-order valence-corrected chi connectivity index (χ1v) is 7.80. The van der Waals surface area contributed by atoms with E-state index in [0.717, 1.165) is 23.2 Å². The molecule has 0 saturated carbocycles. The van der Waals surface area contributed by atoms with Gasteiger partial charge in [-0.1, -0.05) is 11.8 Å². The van der Waals surface area contributed by atoms with Crippen molar-refractivity contribution in [1.29, 1.82) is 0 Å². The van der Waals surface area contributed by atoms with Crippen molar-refractivity contribution < 1.29 is 0 Å². The molecule has 1 rings (SSSR count). The quantitative estimate of drug-likeness (QED) is 0.501. The lowest BCUT2D eigenvalue weighted by molar-refractivity contribution is 0.988. The number of nitrogens with zero attached hydrogens (tertiary/aromatic N) is 2. The smallest absolute Gasteiger partial charge is 0.156 e. The molecular weight excluding hydrogens is 246 g/mol. The fourth-order valence-corrected chi connectivity index (χ4v) is 2.77. The molecule has 84 valence electrons. The molecule has 0 fully saturated rings. The van der Waals surface area contributed by atoms with Crippen LogP contribution in [0.25, 0.3) is 0 Å². The zero-order chi connectivity index (χ0) is 10.9. The molecule has 1 aromatic heterocycles. The van der Waals surface area contributed by atoms with Crippen LogP contribution in [0.1, 0.15) is 5.69 Å².